The first-order valence-electron chi connectivity index (χ1n) is 4.01. The SMILES string of the molecule is C[Si](C)(C)[Si](C)(C)[N-]CN=[N+]=[N-].[Li+]. The Bertz CT molecular complexity index is 195. The van der Waals surface area contributed by atoms with E-state index < -0.39 is 15.3 Å². The van der Waals surface area contributed by atoms with Crippen LogP contribution in [0.2, 0.25) is 32.7 Å². The molecule has 0 aromatic carbocycles. The van der Waals surface area contributed by atoms with Crippen LogP contribution < -0.4 is 18.9 Å². The van der Waals surface area contributed by atoms with Crippen molar-refractivity contribution >= 4 is 15.3 Å². The summed E-state index contributed by atoms with van der Waals surface area (Å²) in [5.74, 6) is 0. The Morgan fingerprint density at radius 1 is 1.23 bits per heavy atom. The van der Waals surface area contributed by atoms with Gasteiger partial charge in [0.2, 0.25) is 0 Å². The maximum Gasteiger partial charge on any atom is 1.00 e. The van der Waals surface area contributed by atoms with Gasteiger partial charge in [-0.2, -0.15) is 0 Å². The Hall–Kier alpha value is 0.301. The van der Waals surface area contributed by atoms with Crippen molar-refractivity contribution in [2.24, 2.45) is 5.11 Å². The van der Waals surface area contributed by atoms with Gasteiger partial charge in [0.15, 0.2) is 0 Å². The number of azide groups is 1. The monoisotopic (exact) mass is 208 g/mol. The third-order valence-electron chi connectivity index (χ3n) is 2.43. The van der Waals surface area contributed by atoms with Crippen molar-refractivity contribution in [2.45, 2.75) is 32.7 Å². The largest absolute Gasteiger partial charge is 1.00 e. The minimum Gasteiger partial charge on any atom is -0.662 e. The number of rotatable bonds is 4. The predicted molar refractivity (Wildman–Crippen MR) is 58.2 cm³/mol. The molecule has 0 heterocycles. The average Bonchev–Trinajstić information content (AvgIpc) is 1.85. The first-order valence-corrected chi connectivity index (χ1v) is 11.5. The van der Waals surface area contributed by atoms with Crippen LogP contribution in [0.5, 0.6) is 0 Å². The maximum atomic E-state index is 8.09. The molecule has 0 fully saturated rings. The maximum absolute atomic E-state index is 8.09. The van der Waals surface area contributed by atoms with Crippen molar-refractivity contribution in [3.63, 3.8) is 0 Å². The molecule has 0 amide bonds. The van der Waals surface area contributed by atoms with Gasteiger partial charge in [0, 0.05) is 7.59 Å². The fraction of sp³-hybridized carbons (Fsp3) is 1.00. The topological polar surface area (TPSA) is 62.9 Å². The van der Waals surface area contributed by atoms with Crippen LogP contribution in [0.4, 0.5) is 0 Å². The van der Waals surface area contributed by atoms with E-state index in [1.54, 1.807) is 0 Å². The molecule has 0 saturated heterocycles. The number of hydrogen-bond acceptors (Lipinski definition) is 1. The predicted octanol–water partition coefficient (Wildman–Crippen LogP) is 0.254. The smallest absolute Gasteiger partial charge is 0.662 e. The molecule has 0 rings (SSSR count). The minimum absolute atomic E-state index is 0. The summed E-state index contributed by atoms with van der Waals surface area (Å²) in [6.07, 6.45) is 0. The van der Waals surface area contributed by atoms with Gasteiger partial charge in [-0.15, -0.1) is 5.11 Å². The van der Waals surface area contributed by atoms with Crippen molar-refractivity contribution < 1.29 is 18.9 Å². The Kier molecular flexibility index (Phi) is 7.17. The first kappa shape index (κ1) is 15.8. The molecule has 0 aromatic heterocycles. The van der Waals surface area contributed by atoms with Gasteiger partial charge in [-0.25, -0.2) is 0 Å². The third kappa shape index (κ3) is 5.58. The van der Waals surface area contributed by atoms with Crippen LogP contribution in [0.1, 0.15) is 0 Å². The summed E-state index contributed by atoms with van der Waals surface area (Å²) in [5, 5.41) is 3.44. The van der Waals surface area contributed by atoms with Gasteiger partial charge in [-0.3, -0.25) is 0 Å². The molecule has 0 radical (unpaired) electrons. The molecule has 0 spiro atoms. The van der Waals surface area contributed by atoms with E-state index in [1.807, 2.05) is 0 Å². The summed E-state index contributed by atoms with van der Waals surface area (Å²) in [6, 6.07) is 0. The van der Waals surface area contributed by atoms with Gasteiger partial charge in [-0.1, -0.05) is 47.2 Å². The molecule has 4 nitrogen and oxygen atoms in total. The Labute approximate surface area is 94.2 Å². The second kappa shape index (κ2) is 5.91. The molecule has 0 saturated carbocycles. The second-order valence-electron chi connectivity index (χ2n) is 4.34. The molecule has 0 N–H and O–H groups in total. The fourth-order valence-electron chi connectivity index (χ4n) is 0.474. The van der Waals surface area contributed by atoms with Crippen LogP contribution in [0.25, 0.3) is 15.4 Å². The van der Waals surface area contributed by atoms with Crippen molar-refractivity contribution in [1.29, 1.82) is 0 Å². The Morgan fingerprint density at radius 3 is 2.00 bits per heavy atom. The molecule has 0 aromatic rings. The van der Waals surface area contributed by atoms with Gasteiger partial charge in [0.05, 0.1) is 0 Å². The summed E-state index contributed by atoms with van der Waals surface area (Å²) in [5.41, 5.74) is 8.09. The molecule has 13 heavy (non-hydrogen) atoms. The van der Waals surface area contributed by atoms with Crippen molar-refractivity contribution in [3.8, 4) is 0 Å². The van der Waals surface area contributed by atoms with Crippen LogP contribution in [-0.4, -0.2) is 22.0 Å². The number of nitrogens with zero attached hydrogens (tertiary/aromatic N) is 4. The summed E-state index contributed by atoms with van der Waals surface area (Å²) in [6.45, 7) is 11.8. The zero-order valence-corrected chi connectivity index (χ0v) is 11.5. The van der Waals surface area contributed by atoms with Crippen molar-refractivity contribution in [2.75, 3.05) is 6.67 Å². The summed E-state index contributed by atoms with van der Waals surface area (Å²) < 4.78 is 0. The molecular weight excluding hydrogens is 191 g/mol. The van der Waals surface area contributed by atoms with E-state index in [0.29, 0.717) is 6.67 Å². The molecule has 0 atom stereocenters. The van der Waals surface area contributed by atoms with Crippen LogP contribution in [0, 0.1) is 0 Å². The van der Waals surface area contributed by atoms with Crippen molar-refractivity contribution in [3.05, 3.63) is 15.4 Å². The Balaban J connectivity index is 0. The zero-order chi connectivity index (χ0) is 9.83. The van der Waals surface area contributed by atoms with E-state index in [4.69, 9.17) is 5.53 Å². The zero-order valence-electron chi connectivity index (χ0n) is 9.50. The quantitative estimate of drug-likeness (QED) is 0.275. The van der Waals surface area contributed by atoms with Gasteiger partial charge >= 0.3 is 18.9 Å². The van der Waals surface area contributed by atoms with Gasteiger partial charge in [0.25, 0.3) is 0 Å². The standard InChI is InChI=1S/C6H17N4Si2.Li/c1-11(2,3)12(4,5)9-6-8-10-7;/h6H2,1-5H3;/q-1;+1. The van der Waals surface area contributed by atoms with Gasteiger partial charge in [0.1, 0.15) is 0 Å². The summed E-state index contributed by atoms with van der Waals surface area (Å²) in [7, 11) is -2.59. The van der Waals surface area contributed by atoms with E-state index in [-0.39, 0.29) is 18.9 Å². The average molecular weight is 208 g/mol. The summed E-state index contributed by atoms with van der Waals surface area (Å²) in [4.78, 5) is 7.19. The van der Waals surface area contributed by atoms with Crippen LogP contribution in [0.3, 0.4) is 0 Å². The molecular formula is C6H17LiN4Si2. The van der Waals surface area contributed by atoms with Gasteiger partial charge < -0.3 is 4.98 Å². The van der Waals surface area contributed by atoms with E-state index in [1.165, 1.54) is 0 Å². The molecule has 70 valence electrons. The first-order chi connectivity index (χ1) is 5.31. The molecule has 0 unspecified atom stereocenters. The molecule has 0 aliphatic heterocycles. The molecule has 0 aliphatic carbocycles. The normalized spacial score (nSPS) is 11.5. The second-order valence-corrected chi connectivity index (χ2v) is 20.4. The van der Waals surface area contributed by atoms with Crippen LogP contribution >= 0.6 is 0 Å². The molecule has 0 aliphatic rings. The Morgan fingerprint density at radius 2 is 1.69 bits per heavy atom. The molecule has 7 heteroatoms. The van der Waals surface area contributed by atoms with E-state index in [2.05, 4.69) is 47.7 Å². The number of hydrogen-bond donors (Lipinski definition) is 0. The van der Waals surface area contributed by atoms with E-state index >= 15 is 0 Å². The van der Waals surface area contributed by atoms with Crippen LogP contribution in [0.15, 0.2) is 5.11 Å². The van der Waals surface area contributed by atoms with Crippen molar-refractivity contribution in [1.82, 2.24) is 0 Å². The van der Waals surface area contributed by atoms with Gasteiger partial charge in [-0.05, 0) is 10.4 Å². The minimum atomic E-state index is -1.44. The van der Waals surface area contributed by atoms with E-state index in [9.17, 15) is 0 Å². The molecule has 0 bridgehead atoms. The third-order valence-corrected chi connectivity index (χ3v) is 18.5. The summed E-state index contributed by atoms with van der Waals surface area (Å²) >= 11 is 0. The fourth-order valence-corrected chi connectivity index (χ4v) is 3.00. The van der Waals surface area contributed by atoms with Crippen LogP contribution in [-0.2, 0) is 0 Å². The van der Waals surface area contributed by atoms with E-state index in [0.717, 1.165) is 0 Å².